The number of nitrogens with two attached hydrogens (primary N) is 1. The van der Waals surface area contributed by atoms with E-state index in [4.69, 9.17) is 5.73 Å². The van der Waals surface area contributed by atoms with E-state index in [2.05, 4.69) is 15.0 Å². The molecule has 2 aromatic rings. The molecular formula is C14H18N4O2S. The fourth-order valence-corrected chi connectivity index (χ4v) is 2.85. The van der Waals surface area contributed by atoms with Crippen molar-refractivity contribution in [3.63, 3.8) is 0 Å². The van der Waals surface area contributed by atoms with Crippen LogP contribution in [0.4, 0.5) is 11.4 Å². The SMILES string of the molecule is CNS(=O)(=O)c1cc(N)ccc1NCCc1cccnc1. The predicted octanol–water partition coefficient (Wildman–Crippen LogP) is 1.23. The van der Waals surface area contributed by atoms with Crippen molar-refractivity contribution >= 4 is 21.4 Å². The maximum absolute atomic E-state index is 12.0. The number of sulfonamides is 1. The van der Waals surface area contributed by atoms with Gasteiger partial charge in [0.25, 0.3) is 0 Å². The molecule has 0 unspecified atom stereocenters. The van der Waals surface area contributed by atoms with Gasteiger partial charge in [-0.3, -0.25) is 4.98 Å². The second-order valence-electron chi connectivity index (χ2n) is 4.50. The van der Waals surface area contributed by atoms with Gasteiger partial charge in [0.05, 0.1) is 5.69 Å². The summed E-state index contributed by atoms with van der Waals surface area (Å²) in [5, 5.41) is 3.13. The molecule has 1 aromatic heterocycles. The first-order valence-electron chi connectivity index (χ1n) is 6.49. The number of aromatic nitrogens is 1. The van der Waals surface area contributed by atoms with Gasteiger partial charge in [0.2, 0.25) is 10.0 Å². The fraction of sp³-hybridized carbons (Fsp3) is 0.214. The van der Waals surface area contributed by atoms with E-state index in [1.807, 2.05) is 12.1 Å². The highest BCUT2D eigenvalue weighted by molar-refractivity contribution is 7.89. The summed E-state index contributed by atoms with van der Waals surface area (Å²) in [4.78, 5) is 4.19. The lowest BCUT2D eigenvalue weighted by Gasteiger charge is -2.12. The van der Waals surface area contributed by atoms with Crippen molar-refractivity contribution in [1.82, 2.24) is 9.71 Å². The van der Waals surface area contributed by atoms with Gasteiger partial charge in [0, 0.05) is 24.6 Å². The van der Waals surface area contributed by atoms with E-state index in [-0.39, 0.29) is 4.90 Å². The monoisotopic (exact) mass is 306 g/mol. The average Bonchev–Trinajstić information content (AvgIpc) is 2.49. The summed E-state index contributed by atoms with van der Waals surface area (Å²) in [6.07, 6.45) is 4.25. The van der Waals surface area contributed by atoms with Gasteiger partial charge in [-0.2, -0.15) is 0 Å². The lowest BCUT2D eigenvalue weighted by atomic mass is 10.2. The molecule has 4 N–H and O–H groups in total. The maximum Gasteiger partial charge on any atom is 0.242 e. The summed E-state index contributed by atoms with van der Waals surface area (Å²) >= 11 is 0. The Kier molecular flexibility index (Phi) is 4.77. The number of rotatable bonds is 6. The quantitative estimate of drug-likeness (QED) is 0.697. The van der Waals surface area contributed by atoms with Gasteiger partial charge in [-0.25, -0.2) is 13.1 Å². The van der Waals surface area contributed by atoms with Gasteiger partial charge >= 0.3 is 0 Å². The van der Waals surface area contributed by atoms with Crippen LogP contribution in [0, 0.1) is 0 Å². The first-order chi connectivity index (χ1) is 10.0. The van der Waals surface area contributed by atoms with Crippen LogP contribution >= 0.6 is 0 Å². The number of hydrogen-bond donors (Lipinski definition) is 3. The molecule has 0 fully saturated rings. The van der Waals surface area contributed by atoms with Gasteiger partial charge in [0.1, 0.15) is 4.90 Å². The van der Waals surface area contributed by atoms with Crippen LogP contribution in [0.25, 0.3) is 0 Å². The summed E-state index contributed by atoms with van der Waals surface area (Å²) in [7, 11) is -2.18. The largest absolute Gasteiger partial charge is 0.399 e. The number of nitrogens with zero attached hydrogens (tertiary/aromatic N) is 1. The predicted molar refractivity (Wildman–Crippen MR) is 83.5 cm³/mol. The Morgan fingerprint density at radius 3 is 2.76 bits per heavy atom. The Morgan fingerprint density at radius 2 is 2.10 bits per heavy atom. The molecule has 6 nitrogen and oxygen atoms in total. The normalized spacial score (nSPS) is 11.3. The van der Waals surface area contributed by atoms with Crippen LogP contribution in [-0.2, 0) is 16.4 Å². The van der Waals surface area contributed by atoms with Gasteiger partial charge in [-0.1, -0.05) is 6.07 Å². The first kappa shape index (κ1) is 15.3. The topological polar surface area (TPSA) is 97.1 Å². The third-order valence-corrected chi connectivity index (χ3v) is 4.47. The van der Waals surface area contributed by atoms with Gasteiger partial charge in [-0.15, -0.1) is 0 Å². The molecule has 0 bridgehead atoms. The Balaban J connectivity index is 2.13. The lowest BCUT2D eigenvalue weighted by molar-refractivity contribution is 0.588. The van der Waals surface area contributed by atoms with E-state index in [9.17, 15) is 8.42 Å². The molecule has 0 spiro atoms. The highest BCUT2D eigenvalue weighted by Gasteiger charge is 2.16. The van der Waals surface area contributed by atoms with E-state index >= 15 is 0 Å². The Labute approximate surface area is 124 Å². The molecule has 1 aromatic carbocycles. The Hall–Kier alpha value is -2.12. The van der Waals surface area contributed by atoms with Crippen molar-refractivity contribution in [2.24, 2.45) is 0 Å². The minimum atomic E-state index is -3.55. The molecule has 0 amide bonds. The number of hydrogen-bond acceptors (Lipinski definition) is 5. The third-order valence-electron chi connectivity index (χ3n) is 3.02. The average molecular weight is 306 g/mol. The molecule has 21 heavy (non-hydrogen) atoms. The zero-order valence-electron chi connectivity index (χ0n) is 11.7. The molecular weight excluding hydrogens is 288 g/mol. The summed E-state index contributed by atoms with van der Waals surface area (Å²) in [6, 6.07) is 8.63. The van der Waals surface area contributed by atoms with Crippen LogP contribution in [0.3, 0.4) is 0 Å². The number of pyridine rings is 1. The molecule has 0 radical (unpaired) electrons. The number of nitrogens with one attached hydrogen (secondary N) is 2. The van der Waals surface area contributed by atoms with E-state index < -0.39 is 10.0 Å². The standard InChI is InChI=1S/C14H18N4O2S/c1-16-21(19,20)14-9-12(15)4-5-13(14)18-8-6-11-3-2-7-17-10-11/h2-5,7,9-10,16,18H,6,8,15H2,1H3. The minimum Gasteiger partial charge on any atom is -0.399 e. The minimum absolute atomic E-state index is 0.149. The smallest absolute Gasteiger partial charge is 0.242 e. The second kappa shape index (κ2) is 6.55. The number of benzene rings is 1. The molecule has 0 saturated carbocycles. The Morgan fingerprint density at radius 1 is 1.29 bits per heavy atom. The summed E-state index contributed by atoms with van der Waals surface area (Å²) in [5.74, 6) is 0. The van der Waals surface area contributed by atoms with Crippen molar-refractivity contribution in [1.29, 1.82) is 0 Å². The molecule has 0 aliphatic heterocycles. The van der Waals surface area contributed by atoms with E-state index in [0.717, 1.165) is 12.0 Å². The van der Waals surface area contributed by atoms with E-state index in [1.54, 1.807) is 24.5 Å². The molecule has 7 heteroatoms. The van der Waals surface area contributed by atoms with Crippen molar-refractivity contribution in [3.05, 3.63) is 48.3 Å². The van der Waals surface area contributed by atoms with Gasteiger partial charge in [0.15, 0.2) is 0 Å². The van der Waals surface area contributed by atoms with Crippen LogP contribution in [0.5, 0.6) is 0 Å². The van der Waals surface area contributed by atoms with Crippen molar-refractivity contribution < 1.29 is 8.42 Å². The zero-order chi connectivity index (χ0) is 15.3. The van der Waals surface area contributed by atoms with Gasteiger partial charge < -0.3 is 11.1 Å². The Bertz CT molecular complexity index is 702. The molecule has 112 valence electrons. The third kappa shape index (κ3) is 3.93. The summed E-state index contributed by atoms with van der Waals surface area (Å²) in [5.41, 5.74) is 7.69. The van der Waals surface area contributed by atoms with Crippen molar-refractivity contribution in [3.8, 4) is 0 Å². The van der Waals surface area contributed by atoms with Crippen LogP contribution in [-0.4, -0.2) is 27.0 Å². The summed E-state index contributed by atoms with van der Waals surface area (Å²) < 4.78 is 26.3. The molecule has 2 rings (SSSR count). The van der Waals surface area contributed by atoms with Crippen LogP contribution in [0.2, 0.25) is 0 Å². The number of nitrogen functional groups attached to an aromatic ring is 1. The van der Waals surface area contributed by atoms with E-state index in [1.165, 1.54) is 13.1 Å². The molecule has 0 aliphatic rings. The first-order valence-corrected chi connectivity index (χ1v) is 7.97. The highest BCUT2D eigenvalue weighted by atomic mass is 32.2. The number of anilines is 2. The zero-order valence-corrected chi connectivity index (χ0v) is 12.5. The van der Waals surface area contributed by atoms with Crippen LogP contribution in [0.1, 0.15) is 5.56 Å². The van der Waals surface area contributed by atoms with Crippen molar-refractivity contribution in [2.45, 2.75) is 11.3 Å². The molecule has 0 saturated heterocycles. The second-order valence-corrected chi connectivity index (χ2v) is 6.36. The van der Waals surface area contributed by atoms with Gasteiger partial charge in [-0.05, 0) is 43.3 Å². The van der Waals surface area contributed by atoms with Crippen LogP contribution in [0.15, 0.2) is 47.6 Å². The molecule has 0 aliphatic carbocycles. The highest BCUT2D eigenvalue weighted by Crippen LogP contribution is 2.23. The van der Waals surface area contributed by atoms with Crippen molar-refractivity contribution in [2.75, 3.05) is 24.6 Å². The molecule has 1 heterocycles. The lowest BCUT2D eigenvalue weighted by Crippen LogP contribution is -2.21. The molecule has 0 atom stereocenters. The maximum atomic E-state index is 12.0. The van der Waals surface area contributed by atoms with E-state index in [0.29, 0.717) is 17.9 Å². The fourth-order valence-electron chi connectivity index (χ4n) is 1.90. The van der Waals surface area contributed by atoms with Crippen LogP contribution < -0.4 is 15.8 Å². The summed E-state index contributed by atoms with van der Waals surface area (Å²) in [6.45, 7) is 0.599.